The molecule has 0 atom stereocenters. The number of anilines is 1. The average molecular weight is 416 g/mol. The van der Waals surface area contributed by atoms with E-state index in [1.54, 1.807) is 54.6 Å². The zero-order valence-corrected chi connectivity index (χ0v) is 17.2. The molecule has 1 amide bonds. The van der Waals surface area contributed by atoms with Gasteiger partial charge in [-0.1, -0.05) is 29.8 Å². The first-order valence-corrected chi connectivity index (χ1v) is 9.88. The number of ether oxygens (including phenoxy) is 1. The number of aryl methyl sites for hydroxylation is 1. The van der Waals surface area contributed by atoms with E-state index in [2.05, 4.69) is 15.4 Å². The van der Waals surface area contributed by atoms with Gasteiger partial charge in [0.1, 0.15) is 5.82 Å². The molecule has 0 aliphatic rings. The first-order valence-electron chi connectivity index (χ1n) is 9.88. The molecule has 0 saturated carbocycles. The Kier molecular flexibility index (Phi) is 5.75. The van der Waals surface area contributed by atoms with E-state index >= 15 is 0 Å². The minimum atomic E-state index is -0.402. The lowest BCUT2D eigenvalue weighted by atomic mass is 10.1. The van der Waals surface area contributed by atoms with Crippen LogP contribution in [-0.2, 0) is 0 Å². The van der Waals surface area contributed by atoms with E-state index < -0.39 is 5.82 Å². The van der Waals surface area contributed by atoms with Gasteiger partial charge in [-0.15, -0.1) is 5.10 Å². The molecule has 7 heteroatoms. The van der Waals surface area contributed by atoms with E-state index in [0.29, 0.717) is 34.9 Å². The van der Waals surface area contributed by atoms with Crippen LogP contribution in [0.1, 0.15) is 22.8 Å². The molecule has 31 heavy (non-hydrogen) atoms. The highest BCUT2D eigenvalue weighted by molar-refractivity contribution is 6.04. The summed E-state index contributed by atoms with van der Waals surface area (Å²) in [6, 6.07) is 21.0. The largest absolute Gasteiger partial charge is 0.463 e. The molecule has 4 rings (SSSR count). The van der Waals surface area contributed by atoms with E-state index in [-0.39, 0.29) is 11.9 Å². The van der Waals surface area contributed by atoms with Crippen molar-refractivity contribution in [2.45, 2.75) is 13.8 Å². The summed E-state index contributed by atoms with van der Waals surface area (Å²) in [5.41, 5.74) is 3.27. The number of amides is 1. The Morgan fingerprint density at radius 2 is 1.74 bits per heavy atom. The third kappa shape index (κ3) is 4.45. The Bertz CT molecular complexity index is 1200. The summed E-state index contributed by atoms with van der Waals surface area (Å²) in [5.74, 6) is -0.265. The molecule has 0 spiro atoms. The Labute approximate surface area is 179 Å². The van der Waals surface area contributed by atoms with E-state index in [4.69, 9.17) is 4.74 Å². The third-order valence-corrected chi connectivity index (χ3v) is 4.66. The first kappa shape index (κ1) is 20.3. The van der Waals surface area contributed by atoms with Gasteiger partial charge < -0.3 is 10.1 Å². The van der Waals surface area contributed by atoms with Crippen molar-refractivity contribution >= 4 is 11.6 Å². The van der Waals surface area contributed by atoms with E-state index in [0.717, 1.165) is 5.56 Å². The number of hydrogen-bond donors (Lipinski definition) is 1. The number of carbonyl (C=O) groups excluding carboxylic acids is 1. The van der Waals surface area contributed by atoms with Crippen LogP contribution in [0, 0.1) is 12.7 Å². The Hall–Kier alpha value is -4.00. The number of nitrogens with zero attached hydrogens (tertiary/aromatic N) is 3. The fourth-order valence-corrected chi connectivity index (χ4v) is 3.07. The Balaban J connectivity index is 1.62. The number of rotatable bonds is 6. The van der Waals surface area contributed by atoms with Crippen LogP contribution in [0.5, 0.6) is 6.01 Å². The maximum Gasteiger partial charge on any atom is 0.336 e. The Morgan fingerprint density at radius 3 is 2.42 bits per heavy atom. The molecule has 1 N–H and O–H groups in total. The van der Waals surface area contributed by atoms with Gasteiger partial charge in [0.15, 0.2) is 5.82 Å². The quantitative estimate of drug-likeness (QED) is 0.479. The molecule has 1 heterocycles. The predicted molar refractivity (Wildman–Crippen MR) is 117 cm³/mol. The molecule has 0 aliphatic carbocycles. The number of halogens is 1. The molecular formula is C24H21FN4O2. The molecule has 0 unspecified atom stereocenters. The minimum Gasteiger partial charge on any atom is -0.463 e. The molecule has 1 aromatic heterocycles. The van der Waals surface area contributed by atoms with Crippen LogP contribution in [-0.4, -0.2) is 27.3 Å². The highest BCUT2D eigenvalue weighted by Gasteiger charge is 2.17. The van der Waals surface area contributed by atoms with Crippen molar-refractivity contribution in [2.75, 3.05) is 11.9 Å². The number of aromatic nitrogens is 3. The number of benzene rings is 3. The maximum absolute atomic E-state index is 14.4. The van der Waals surface area contributed by atoms with Crippen molar-refractivity contribution < 1.29 is 13.9 Å². The van der Waals surface area contributed by atoms with Gasteiger partial charge in [-0.05, 0) is 62.4 Å². The number of nitrogens with one attached hydrogen (secondary N) is 1. The van der Waals surface area contributed by atoms with Crippen molar-refractivity contribution in [1.82, 2.24) is 14.8 Å². The first-order chi connectivity index (χ1) is 15.0. The van der Waals surface area contributed by atoms with E-state index in [1.165, 1.54) is 10.7 Å². The molecule has 0 aliphatic heterocycles. The van der Waals surface area contributed by atoms with Crippen molar-refractivity contribution in [3.05, 3.63) is 89.7 Å². The Morgan fingerprint density at radius 1 is 1.03 bits per heavy atom. The summed E-state index contributed by atoms with van der Waals surface area (Å²) in [6.45, 7) is 4.19. The van der Waals surface area contributed by atoms with Gasteiger partial charge in [0.05, 0.1) is 17.9 Å². The number of carbonyl (C=O) groups is 1. The van der Waals surface area contributed by atoms with Crippen LogP contribution in [0.2, 0.25) is 0 Å². The standard InChI is InChI=1S/C24H21FN4O2/c1-3-31-24-27-22(20-6-4-5-7-21(20)25)29(28-24)19-14-12-18(13-15-19)26-23(30)17-10-8-16(2)9-11-17/h4-15H,3H2,1-2H3,(H,26,30). The van der Waals surface area contributed by atoms with Crippen LogP contribution in [0.25, 0.3) is 17.1 Å². The lowest BCUT2D eigenvalue weighted by molar-refractivity contribution is 0.102. The molecule has 0 radical (unpaired) electrons. The lowest BCUT2D eigenvalue weighted by Crippen LogP contribution is -2.11. The summed E-state index contributed by atoms with van der Waals surface area (Å²) >= 11 is 0. The van der Waals surface area contributed by atoms with Gasteiger partial charge in [-0.2, -0.15) is 4.98 Å². The van der Waals surface area contributed by atoms with Crippen LogP contribution < -0.4 is 10.1 Å². The lowest BCUT2D eigenvalue weighted by Gasteiger charge is -2.09. The van der Waals surface area contributed by atoms with Gasteiger partial charge in [0.2, 0.25) is 0 Å². The zero-order chi connectivity index (χ0) is 21.8. The van der Waals surface area contributed by atoms with Crippen LogP contribution >= 0.6 is 0 Å². The molecule has 3 aromatic carbocycles. The molecule has 0 bridgehead atoms. The molecule has 0 fully saturated rings. The smallest absolute Gasteiger partial charge is 0.336 e. The van der Waals surface area contributed by atoms with Crippen molar-refractivity contribution in [3.63, 3.8) is 0 Å². The fraction of sp³-hybridized carbons (Fsp3) is 0.125. The highest BCUT2D eigenvalue weighted by Crippen LogP contribution is 2.26. The van der Waals surface area contributed by atoms with Gasteiger partial charge in [0.25, 0.3) is 5.91 Å². The van der Waals surface area contributed by atoms with Crippen LogP contribution in [0.4, 0.5) is 10.1 Å². The molecular weight excluding hydrogens is 395 g/mol. The molecule has 0 saturated heterocycles. The summed E-state index contributed by atoms with van der Waals surface area (Å²) in [6.07, 6.45) is 0. The van der Waals surface area contributed by atoms with Gasteiger partial charge in [-0.25, -0.2) is 9.07 Å². The SMILES string of the molecule is CCOc1nc(-c2ccccc2F)n(-c2ccc(NC(=O)c3ccc(C)cc3)cc2)n1. The second-order valence-corrected chi connectivity index (χ2v) is 6.91. The molecule has 156 valence electrons. The van der Waals surface area contributed by atoms with Crippen molar-refractivity contribution in [2.24, 2.45) is 0 Å². The average Bonchev–Trinajstić information content (AvgIpc) is 3.19. The predicted octanol–water partition coefficient (Wildman–Crippen LogP) is 5.03. The summed E-state index contributed by atoms with van der Waals surface area (Å²) in [4.78, 5) is 16.8. The summed E-state index contributed by atoms with van der Waals surface area (Å²) in [7, 11) is 0. The van der Waals surface area contributed by atoms with Gasteiger partial charge in [0, 0.05) is 11.3 Å². The van der Waals surface area contributed by atoms with Crippen molar-refractivity contribution in [1.29, 1.82) is 0 Å². The van der Waals surface area contributed by atoms with Crippen molar-refractivity contribution in [3.8, 4) is 23.1 Å². The topological polar surface area (TPSA) is 69.0 Å². The molecule has 4 aromatic rings. The van der Waals surface area contributed by atoms with Crippen LogP contribution in [0.15, 0.2) is 72.8 Å². The maximum atomic E-state index is 14.4. The summed E-state index contributed by atoms with van der Waals surface area (Å²) in [5, 5.41) is 7.23. The fourth-order valence-electron chi connectivity index (χ4n) is 3.07. The van der Waals surface area contributed by atoms with E-state index in [9.17, 15) is 9.18 Å². The second kappa shape index (κ2) is 8.79. The van der Waals surface area contributed by atoms with E-state index in [1.807, 2.05) is 26.0 Å². The molecule has 6 nitrogen and oxygen atoms in total. The van der Waals surface area contributed by atoms with Gasteiger partial charge in [-0.3, -0.25) is 4.79 Å². The summed E-state index contributed by atoms with van der Waals surface area (Å²) < 4.78 is 21.3. The minimum absolute atomic E-state index is 0.164. The zero-order valence-electron chi connectivity index (χ0n) is 17.2. The second-order valence-electron chi connectivity index (χ2n) is 6.91. The monoisotopic (exact) mass is 416 g/mol. The third-order valence-electron chi connectivity index (χ3n) is 4.66. The highest BCUT2D eigenvalue weighted by atomic mass is 19.1. The van der Waals surface area contributed by atoms with Crippen LogP contribution in [0.3, 0.4) is 0 Å². The number of hydrogen-bond acceptors (Lipinski definition) is 4. The van der Waals surface area contributed by atoms with Gasteiger partial charge >= 0.3 is 6.01 Å². The normalized spacial score (nSPS) is 10.7.